The van der Waals surface area contributed by atoms with Crippen LogP contribution in [0.4, 0.5) is 10.8 Å². The van der Waals surface area contributed by atoms with Crippen LogP contribution in [-0.2, 0) is 4.74 Å². The molecule has 2 aromatic rings. The number of carbonyl (C=O) groups excluding carboxylic acids is 1. The number of methoxy groups -OCH3 is 1. The molecule has 0 unspecified atom stereocenters. The first kappa shape index (κ1) is 13.5. The molecule has 2 rings (SSSR count). The zero-order valence-electron chi connectivity index (χ0n) is 11.2. The number of thiazole rings is 1. The molecule has 0 bridgehead atoms. The van der Waals surface area contributed by atoms with Gasteiger partial charge in [-0.15, -0.1) is 0 Å². The molecule has 0 aliphatic heterocycles. The molecule has 0 saturated carbocycles. The largest absolute Gasteiger partial charge is 0.465 e. The van der Waals surface area contributed by atoms with Gasteiger partial charge in [-0.3, -0.25) is 0 Å². The van der Waals surface area contributed by atoms with E-state index in [0.29, 0.717) is 4.88 Å². The molecule has 0 spiro atoms. The number of carbonyl (C=O) groups is 1. The van der Waals surface area contributed by atoms with Crippen LogP contribution in [0, 0.1) is 6.92 Å². The fourth-order valence-electron chi connectivity index (χ4n) is 1.81. The molecule has 0 radical (unpaired) electrons. The van der Waals surface area contributed by atoms with Gasteiger partial charge in [-0.2, -0.15) is 0 Å². The highest BCUT2D eigenvalue weighted by Gasteiger charge is 2.15. The highest BCUT2D eigenvalue weighted by atomic mass is 32.1. The third-order valence-corrected chi connectivity index (χ3v) is 3.74. The average molecular weight is 276 g/mol. The Balaban J connectivity index is 2.32. The van der Waals surface area contributed by atoms with Gasteiger partial charge in [-0.05, 0) is 31.5 Å². The van der Waals surface area contributed by atoms with Crippen LogP contribution < -0.4 is 4.90 Å². The van der Waals surface area contributed by atoms with Crippen molar-refractivity contribution in [3.8, 4) is 0 Å². The molecule has 0 aliphatic rings. The van der Waals surface area contributed by atoms with E-state index in [1.54, 1.807) is 6.20 Å². The zero-order chi connectivity index (χ0) is 13.8. The quantitative estimate of drug-likeness (QED) is 0.803. The van der Waals surface area contributed by atoms with E-state index >= 15 is 0 Å². The minimum atomic E-state index is -0.343. The SMILES string of the molecule is CCN(c1cccc(C)c1)c1ncc(C(=O)OC)s1. The third-order valence-electron chi connectivity index (χ3n) is 2.74. The number of ether oxygens (including phenoxy) is 1. The Morgan fingerprint density at radius 1 is 1.47 bits per heavy atom. The second-order valence-electron chi connectivity index (χ2n) is 4.08. The van der Waals surface area contributed by atoms with Gasteiger partial charge in [0, 0.05) is 12.2 Å². The van der Waals surface area contributed by atoms with E-state index < -0.39 is 0 Å². The molecule has 0 saturated heterocycles. The van der Waals surface area contributed by atoms with Crippen LogP contribution in [0.5, 0.6) is 0 Å². The fourth-order valence-corrected chi connectivity index (χ4v) is 2.73. The predicted molar refractivity (Wildman–Crippen MR) is 77.3 cm³/mol. The number of hydrogen-bond acceptors (Lipinski definition) is 5. The number of benzene rings is 1. The predicted octanol–water partition coefficient (Wildman–Crippen LogP) is 3.40. The lowest BCUT2D eigenvalue weighted by Gasteiger charge is -2.20. The first-order chi connectivity index (χ1) is 9.15. The molecule has 0 aliphatic carbocycles. The Morgan fingerprint density at radius 3 is 2.89 bits per heavy atom. The van der Waals surface area contributed by atoms with Gasteiger partial charge in [0.1, 0.15) is 4.88 Å². The van der Waals surface area contributed by atoms with Crippen molar-refractivity contribution in [2.75, 3.05) is 18.6 Å². The van der Waals surface area contributed by atoms with E-state index in [1.165, 1.54) is 24.0 Å². The van der Waals surface area contributed by atoms with Crippen molar-refractivity contribution in [3.63, 3.8) is 0 Å². The Hall–Kier alpha value is -1.88. The molecular formula is C14H16N2O2S. The van der Waals surface area contributed by atoms with Gasteiger partial charge in [0.05, 0.1) is 13.3 Å². The zero-order valence-corrected chi connectivity index (χ0v) is 12.0. The van der Waals surface area contributed by atoms with Gasteiger partial charge in [-0.1, -0.05) is 23.5 Å². The van der Waals surface area contributed by atoms with Gasteiger partial charge in [-0.25, -0.2) is 9.78 Å². The molecule has 0 atom stereocenters. The summed E-state index contributed by atoms with van der Waals surface area (Å²) >= 11 is 1.34. The number of aromatic nitrogens is 1. The molecule has 0 fully saturated rings. The average Bonchev–Trinajstić information content (AvgIpc) is 2.88. The second-order valence-corrected chi connectivity index (χ2v) is 5.09. The van der Waals surface area contributed by atoms with E-state index in [1.807, 2.05) is 12.1 Å². The first-order valence-electron chi connectivity index (χ1n) is 6.04. The number of rotatable bonds is 4. The lowest BCUT2D eigenvalue weighted by atomic mass is 10.2. The van der Waals surface area contributed by atoms with Gasteiger partial charge < -0.3 is 9.64 Å². The van der Waals surface area contributed by atoms with Crippen LogP contribution in [0.1, 0.15) is 22.2 Å². The summed E-state index contributed by atoms with van der Waals surface area (Å²) in [6, 6.07) is 8.21. The maximum Gasteiger partial charge on any atom is 0.349 e. The number of aryl methyl sites for hydroxylation is 1. The van der Waals surface area contributed by atoms with Gasteiger partial charge in [0.25, 0.3) is 0 Å². The molecular weight excluding hydrogens is 260 g/mol. The lowest BCUT2D eigenvalue weighted by Crippen LogP contribution is -2.15. The number of anilines is 2. The van der Waals surface area contributed by atoms with E-state index in [-0.39, 0.29) is 5.97 Å². The summed E-state index contributed by atoms with van der Waals surface area (Å²) in [5.74, 6) is -0.343. The molecule has 4 nitrogen and oxygen atoms in total. The molecule has 1 aromatic heterocycles. The topological polar surface area (TPSA) is 42.4 Å². The molecule has 19 heavy (non-hydrogen) atoms. The lowest BCUT2D eigenvalue weighted by molar-refractivity contribution is 0.0606. The summed E-state index contributed by atoms with van der Waals surface area (Å²) in [6.07, 6.45) is 1.56. The Morgan fingerprint density at radius 2 is 2.26 bits per heavy atom. The van der Waals surface area contributed by atoms with Crippen molar-refractivity contribution < 1.29 is 9.53 Å². The molecule has 1 aromatic carbocycles. The Bertz CT molecular complexity index is 580. The fraction of sp³-hybridized carbons (Fsp3) is 0.286. The van der Waals surface area contributed by atoms with Crippen LogP contribution in [0.15, 0.2) is 30.5 Å². The summed E-state index contributed by atoms with van der Waals surface area (Å²) < 4.78 is 4.70. The minimum Gasteiger partial charge on any atom is -0.465 e. The smallest absolute Gasteiger partial charge is 0.349 e. The van der Waals surface area contributed by atoms with Gasteiger partial charge in [0.2, 0.25) is 0 Å². The van der Waals surface area contributed by atoms with Crippen LogP contribution >= 0.6 is 11.3 Å². The van der Waals surface area contributed by atoms with E-state index in [4.69, 9.17) is 4.74 Å². The first-order valence-corrected chi connectivity index (χ1v) is 6.85. The van der Waals surface area contributed by atoms with Crippen molar-refractivity contribution in [3.05, 3.63) is 40.9 Å². The van der Waals surface area contributed by atoms with Crippen molar-refractivity contribution in [2.24, 2.45) is 0 Å². The number of nitrogens with zero attached hydrogens (tertiary/aromatic N) is 2. The number of hydrogen-bond donors (Lipinski definition) is 0. The normalized spacial score (nSPS) is 10.3. The second kappa shape index (κ2) is 5.84. The molecule has 100 valence electrons. The van der Waals surface area contributed by atoms with Crippen molar-refractivity contribution in [1.29, 1.82) is 0 Å². The highest BCUT2D eigenvalue weighted by molar-refractivity contribution is 7.17. The van der Waals surface area contributed by atoms with Crippen molar-refractivity contribution in [1.82, 2.24) is 4.98 Å². The Kier molecular flexibility index (Phi) is 4.16. The summed E-state index contributed by atoms with van der Waals surface area (Å²) in [6.45, 7) is 4.90. The monoisotopic (exact) mass is 276 g/mol. The summed E-state index contributed by atoms with van der Waals surface area (Å²) in [5, 5.41) is 0.800. The van der Waals surface area contributed by atoms with E-state index in [9.17, 15) is 4.79 Å². The molecule has 5 heteroatoms. The minimum absolute atomic E-state index is 0.343. The maximum atomic E-state index is 11.5. The summed E-state index contributed by atoms with van der Waals surface area (Å²) in [7, 11) is 1.37. The molecule has 1 heterocycles. The molecule has 0 N–H and O–H groups in total. The van der Waals surface area contributed by atoms with Crippen LogP contribution in [0.25, 0.3) is 0 Å². The summed E-state index contributed by atoms with van der Waals surface area (Å²) in [5.41, 5.74) is 2.27. The summed E-state index contributed by atoms with van der Waals surface area (Å²) in [4.78, 5) is 18.4. The van der Waals surface area contributed by atoms with Gasteiger partial charge in [0.15, 0.2) is 5.13 Å². The van der Waals surface area contributed by atoms with Crippen LogP contribution in [-0.4, -0.2) is 24.6 Å². The highest BCUT2D eigenvalue weighted by Crippen LogP contribution is 2.29. The van der Waals surface area contributed by atoms with E-state index in [0.717, 1.165) is 17.4 Å². The third kappa shape index (κ3) is 2.93. The van der Waals surface area contributed by atoms with Gasteiger partial charge >= 0.3 is 5.97 Å². The number of esters is 1. The van der Waals surface area contributed by atoms with Crippen molar-refractivity contribution in [2.45, 2.75) is 13.8 Å². The van der Waals surface area contributed by atoms with Crippen LogP contribution in [0.3, 0.4) is 0 Å². The molecule has 0 amide bonds. The standard InChI is InChI=1S/C14H16N2O2S/c1-4-16(11-7-5-6-10(2)8-11)14-15-9-12(19-14)13(17)18-3/h5-9H,4H2,1-3H3. The van der Waals surface area contributed by atoms with Crippen molar-refractivity contribution >= 4 is 28.1 Å². The maximum absolute atomic E-state index is 11.5. The van der Waals surface area contributed by atoms with Crippen LogP contribution in [0.2, 0.25) is 0 Å². The Labute approximate surface area is 116 Å². The van der Waals surface area contributed by atoms with E-state index in [2.05, 4.69) is 35.9 Å².